The zero-order valence-corrected chi connectivity index (χ0v) is 11.8. The molecule has 108 valence electrons. The van der Waals surface area contributed by atoms with Crippen LogP contribution in [0.1, 0.15) is 15.9 Å². The van der Waals surface area contributed by atoms with Crippen molar-refractivity contribution in [2.45, 2.75) is 6.92 Å². The van der Waals surface area contributed by atoms with Gasteiger partial charge in [-0.2, -0.15) is 5.10 Å². The van der Waals surface area contributed by atoms with Crippen molar-refractivity contribution in [3.8, 4) is 0 Å². The van der Waals surface area contributed by atoms with Gasteiger partial charge in [0.2, 0.25) is 10.9 Å². The number of amides is 1. The Morgan fingerprint density at radius 3 is 2.00 bits per heavy atom. The molecule has 3 aromatic carbocycles. The van der Waals surface area contributed by atoms with E-state index in [4.69, 9.17) is 0 Å². The van der Waals surface area contributed by atoms with Gasteiger partial charge in [0.1, 0.15) is 0 Å². The number of carbonyl (C=O) groups is 1. The van der Waals surface area contributed by atoms with Crippen LogP contribution in [-0.4, -0.2) is 5.91 Å². The van der Waals surface area contributed by atoms with Crippen LogP contribution in [0.5, 0.6) is 0 Å². The lowest BCUT2D eigenvalue weighted by Gasteiger charge is -1.99. The Bertz CT molecular complexity index is 961. The van der Waals surface area contributed by atoms with E-state index in [9.17, 15) is 14.4 Å². The third-order valence-electron chi connectivity index (χ3n) is 3.43. The summed E-state index contributed by atoms with van der Waals surface area (Å²) in [5.74, 6) is -0.468. The van der Waals surface area contributed by atoms with Gasteiger partial charge in [0.25, 0.3) is 5.91 Å². The number of carbonyl (C=O) groups excluding carboxylic acids is 1. The van der Waals surface area contributed by atoms with Crippen molar-refractivity contribution >= 4 is 16.7 Å². The molecule has 0 aliphatic heterocycles. The number of hydrogen-bond donors (Lipinski definition) is 1. The van der Waals surface area contributed by atoms with Gasteiger partial charge in [-0.15, -0.1) is 0 Å². The van der Waals surface area contributed by atoms with Crippen LogP contribution < -0.4 is 21.6 Å². The highest BCUT2D eigenvalue weighted by molar-refractivity contribution is 5.94. The molecule has 5 nitrogen and oxygen atoms in total. The fraction of sp³-hybridized carbons (Fsp3) is 0.0588. The van der Waals surface area contributed by atoms with Gasteiger partial charge in [-0.05, 0) is 19.1 Å². The van der Waals surface area contributed by atoms with Gasteiger partial charge in [-0.1, -0.05) is 42.0 Å². The highest BCUT2D eigenvalue weighted by atomic mass is 16.2. The highest BCUT2D eigenvalue weighted by Gasteiger charge is 2.10. The van der Waals surface area contributed by atoms with Crippen molar-refractivity contribution in [2.24, 2.45) is 5.10 Å². The zero-order chi connectivity index (χ0) is 15.7. The fourth-order valence-corrected chi connectivity index (χ4v) is 2.22. The van der Waals surface area contributed by atoms with E-state index >= 15 is 0 Å². The molecule has 0 radical (unpaired) electrons. The maximum Gasteiger partial charge on any atom is 0.271 e. The Kier molecular flexibility index (Phi) is 3.39. The summed E-state index contributed by atoms with van der Waals surface area (Å²) in [5, 5.41) is 4.09. The maximum absolute atomic E-state index is 12.1. The third kappa shape index (κ3) is 2.33. The molecule has 0 fully saturated rings. The average Bonchev–Trinajstić information content (AvgIpc) is 2.78. The summed E-state index contributed by atoms with van der Waals surface area (Å²) in [5.41, 5.74) is 2.76. The number of nitrogens with one attached hydrogen (secondary N) is 1. The van der Waals surface area contributed by atoms with Crippen LogP contribution in [0.4, 0.5) is 0 Å². The lowest BCUT2D eigenvalue weighted by atomic mass is 10.1. The Morgan fingerprint density at radius 2 is 1.45 bits per heavy atom. The molecule has 0 aliphatic rings. The van der Waals surface area contributed by atoms with Crippen LogP contribution >= 0.6 is 0 Å². The molecule has 3 rings (SSSR count). The number of rotatable bonds is 2. The van der Waals surface area contributed by atoms with E-state index in [0.717, 1.165) is 5.56 Å². The summed E-state index contributed by atoms with van der Waals surface area (Å²) in [6, 6.07) is 13.4. The first kappa shape index (κ1) is 13.9. The van der Waals surface area contributed by atoms with Crippen molar-refractivity contribution in [1.29, 1.82) is 0 Å². The molecular weight excluding hydrogens is 280 g/mol. The van der Waals surface area contributed by atoms with Crippen molar-refractivity contribution in [3.63, 3.8) is 0 Å². The molecule has 5 heteroatoms. The molecule has 0 bridgehead atoms. The molecule has 0 unspecified atom stereocenters. The lowest BCUT2D eigenvalue weighted by molar-refractivity contribution is 0.0953. The number of nitrogens with zero attached hydrogens (tertiary/aromatic N) is 1. The van der Waals surface area contributed by atoms with Crippen LogP contribution in [-0.2, 0) is 0 Å². The first-order valence-electron chi connectivity index (χ1n) is 6.71. The first-order chi connectivity index (χ1) is 10.6. The summed E-state index contributed by atoms with van der Waals surface area (Å²) in [6.07, 6.45) is 0. The smallest absolute Gasteiger partial charge is 0.271 e. The molecule has 3 aromatic rings. The largest absolute Gasteiger partial charge is 0.287 e. The monoisotopic (exact) mass is 292 g/mol. The van der Waals surface area contributed by atoms with Crippen LogP contribution in [0, 0.1) is 6.92 Å². The molecule has 0 spiro atoms. The minimum Gasteiger partial charge on any atom is -0.287 e. The maximum atomic E-state index is 12.1. The molecule has 1 amide bonds. The van der Waals surface area contributed by atoms with Crippen molar-refractivity contribution in [2.75, 3.05) is 0 Å². The summed E-state index contributed by atoms with van der Waals surface area (Å²) in [6.45, 7) is 1.91. The van der Waals surface area contributed by atoms with Gasteiger partial charge in [-0.25, -0.2) is 5.43 Å². The number of aryl methyl sites for hydroxylation is 1. The SMILES string of the molecule is Cc1ccc(C(=O)NN=c2c(=O)c3ccccc3c2=O)cc1. The second kappa shape index (κ2) is 5.37. The molecule has 0 aliphatic carbocycles. The van der Waals surface area contributed by atoms with E-state index in [2.05, 4.69) is 10.5 Å². The Hall–Kier alpha value is -3.08. The van der Waals surface area contributed by atoms with E-state index in [0.29, 0.717) is 16.3 Å². The van der Waals surface area contributed by atoms with Gasteiger partial charge < -0.3 is 0 Å². The third-order valence-corrected chi connectivity index (χ3v) is 3.43. The quantitative estimate of drug-likeness (QED) is 0.716. The molecule has 0 saturated carbocycles. The van der Waals surface area contributed by atoms with Crippen molar-refractivity contribution in [1.82, 2.24) is 5.43 Å². The normalized spacial score (nSPS) is 10.6. The first-order valence-corrected chi connectivity index (χ1v) is 6.71. The summed E-state index contributed by atoms with van der Waals surface area (Å²) >= 11 is 0. The topological polar surface area (TPSA) is 75.6 Å². The van der Waals surface area contributed by atoms with E-state index in [1.165, 1.54) is 0 Å². The summed E-state index contributed by atoms with van der Waals surface area (Å²) in [4.78, 5) is 36.2. The summed E-state index contributed by atoms with van der Waals surface area (Å²) in [7, 11) is 0. The van der Waals surface area contributed by atoms with E-state index in [1.54, 1.807) is 48.5 Å². The van der Waals surface area contributed by atoms with Crippen molar-refractivity contribution < 1.29 is 4.79 Å². The predicted octanol–water partition coefficient (Wildman–Crippen LogP) is 0.990. The minimum absolute atomic E-state index is 0.262. The van der Waals surface area contributed by atoms with Gasteiger partial charge >= 0.3 is 0 Å². The summed E-state index contributed by atoms with van der Waals surface area (Å²) < 4.78 is 0. The van der Waals surface area contributed by atoms with E-state index < -0.39 is 16.8 Å². The standard InChI is InChI=1S/C17H12N2O3/c1-10-6-8-11(9-7-10)17(22)19-18-14-15(20)12-4-2-3-5-13(12)16(14)21/h2-9H,1H3,(H,19,22). The molecule has 22 heavy (non-hydrogen) atoms. The second-order valence-corrected chi connectivity index (χ2v) is 4.97. The van der Waals surface area contributed by atoms with Gasteiger partial charge in [0, 0.05) is 16.3 Å². The molecular formula is C17H12N2O3. The Labute approximate surface area is 125 Å². The molecule has 1 N–H and O–H groups in total. The van der Waals surface area contributed by atoms with Crippen LogP contribution in [0.2, 0.25) is 0 Å². The van der Waals surface area contributed by atoms with Crippen LogP contribution in [0.25, 0.3) is 10.8 Å². The molecule has 0 aromatic heterocycles. The molecule has 0 atom stereocenters. The second-order valence-electron chi connectivity index (χ2n) is 4.97. The Morgan fingerprint density at radius 1 is 0.909 bits per heavy atom. The van der Waals surface area contributed by atoms with Crippen LogP contribution in [0.3, 0.4) is 0 Å². The van der Waals surface area contributed by atoms with Crippen molar-refractivity contribution in [3.05, 3.63) is 85.5 Å². The average molecular weight is 292 g/mol. The number of hydrogen-bond acceptors (Lipinski definition) is 4. The zero-order valence-electron chi connectivity index (χ0n) is 11.8. The molecule has 0 heterocycles. The van der Waals surface area contributed by atoms with E-state index in [-0.39, 0.29) is 5.36 Å². The minimum atomic E-state index is -0.468. The number of benzene rings is 2. The number of fused-ring (bicyclic) bond motifs is 1. The molecule has 0 saturated heterocycles. The van der Waals surface area contributed by atoms with Gasteiger partial charge in [0.05, 0.1) is 0 Å². The predicted molar refractivity (Wildman–Crippen MR) is 83.1 cm³/mol. The van der Waals surface area contributed by atoms with Gasteiger partial charge in [-0.3, -0.25) is 14.4 Å². The van der Waals surface area contributed by atoms with Gasteiger partial charge in [0.15, 0.2) is 5.36 Å². The Balaban J connectivity index is 2.00. The van der Waals surface area contributed by atoms with E-state index in [1.807, 2.05) is 6.92 Å². The van der Waals surface area contributed by atoms with Crippen LogP contribution in [0.15, 0.2) is 63.2 Å². The lowest BCUT2D eigenvalue weighted by Crippen LogP contribution is -2.35. The fourth-order valence-electron chi connectivity index (χ4n) is 2.22. The highest BCUT2D eigenvalue weighted by Crippen LogP contribution is 2.03.